The number of alkyl halides is 1. The Morgan fingerprint density at radius 1 is 1.24 bits per heavy atom. The Kier molecular flexibility index (Phi) is 7.04. The number of halogens is 1. The lowest BCUT2D eigenvalue weighted by Crippen LogP contribution is -2.40. The van der Waals surface area contributed by atoms with Crippen molar-refractivity contribution >= 4 is 21.4 Å². The van der Waals surface area contributed by atoms with E-state index in [1.807, 2.05) is 0 Å². The topological polar surface area (TPSA) is 46.2 Å². The molecule has 0 heterocycles. The zero-order valence-corrected chi connectivity index (χ0v) is 13.2. The summed E-state index contributed by atoms with van der Waals surface area (Å²) in [5.74, 6) is 1.25. The van der Waals surface area contributed by atoms with Gasteiger partial charge in [0, 0.05) is 18.5 Å². The van der Waals surface area contributed by atoms with E-state index in [4.69, 9.17) is 11.6 Å². The van der Waals surface area contributed by atoms with Crippen molar-refractivity contribution in [3.05, 3.63) is 0 Å². The molecule has 0 aliphatic carbocycles. The second kappa shape index (κ2) is 6.95. The Labute approximate surface area is 111 Å². The maximum atomic E-state index is 11.9. The highest BCUT2D eigenvalue weighted by atomic mass is 35.5. The lowest BCUT2D eigenvalue weighted by molar-refractivity contribution is 0.398. The van der Waals surface area contributed by atoms with E-state index in [0.29, 0.717) is 24.4 Å². The van der Waals surface area contributed by atoms with Gasteiger partial charge in [-0.25, -0.2) is 8.42 Å². The fraction of sp³-hybridized carbons (Fsp3) is 1.00. The van der Waals surface area contributed by atoms with Gasteiger partial charge in [-0.3, -0.25) is 0 Å². The van der Waals surface area contributed by atoms with E-state index in [9.17, 15) is 8.42 Å². The van der Waals surface area contributed by atoms with Crippen molar-refractivity contribution in [1.29, 1.82) is 0 Å². The van der Waals surface area contributed by atoms with Crippen molar-refractivity contribution in [3.63, 3.8) is 0 Å². The van der Waals surface area contributed by atoms with Crippen LogP contribution in [0.1, 0.15) is 41.0 Å². The van der Waals surface area contributed by atoms with Crippen LogP contribution >= 0.6 is 11.6 Å². The molecule has 0 aliphatic heterocycles. The number of rotatable bonds is 7. The summed E-state index contributed by atoms with van der Waals surface area (Å²) in [5, 5.41) is 3.28. The van der Waals surface area contributed by atoms with Crippen LogP contribution in [-0.4, -0.2) is 37.4 Å². The third-order valence-corrected chi connectivity index (χ3v) is 5.76. The summed E-state index contributed by atoms with van der Waals surface area (Å²) < 4.78 is 23.1. The van der Waals surface area contributed by atoms with Crippen molar-refractivity contribution in [1.82, 2.24) is 5.32 Å². The maximum Gasteiger partial charge on any atom is 0.156 e. The van der Waals surface area contributed by atoms with Gasteiger partial charge in [-0.15, -0.1) is 11.6 Å². The summed E-state index contributed by atoms with van der Waals surface area (Å²) >= 11 is 5.72. The highest BCUT2D eigenvalue weighted by molar-refractivity contribution is 7.92. The molecular formula is C12H26ClNO2S. The van der Waals surface area contributed by atoms with Gasteiger partial charge in [0.1, 0.15) is 0 Å². The first kappa shape index (κ1) is 17.2. The van der Waals surface area contributed by atoms with Gasteiger partial charge < -0.3 is 5.32 Å². The van der Waals surface area contributed by atoms with Crippen molar-refractivity contribution in [2.75, 3.05) is 18.2 Å². The Morgan fingerprint density at radius 2 is 1.76 bits per heavy atom. The summed E-state index contributed by atoms with van der Waals surface area (Å²) in [4.78, 5) is 0. The molecule has 0 rings (SSSR count). The molecule has 0 fully saturated rings. The van der Waals surface area contributed by atoms with E-state index in [2.05, 4.69) is 19.2 Å². The van der Waals surface area contributed by atoms with Crippen LogP contribution in [0, 0.1) is 5.92 Å². The second-order valence-corrected chi connectivity index (χ2v) is 8.95. The van der Waals surface area contributed by atoms with Crippen LogP contribution < -0.4 is 5.32 Å². The van der Waals surface area contributed by atoms with Gasteiger partial charge in [0.25, 0.3) is 0 Å². The average Bonchev–Trinajstić information content (AvgIpc) is 2.14. The minimum Gasteiger partial charge on any atom is -0.313 e. The van der Waals surface area contributed by atoms with Gasteiger partial charge in [-0.05, 0) is 33.1 Å². The third-order valence-electron chi connectivity index (χ3n) is 2.94. The summed E-state index contributed by atoms with van der Waals surface area (Å²) in [5.41, 5.74) is 0. The molecule has 1 N–H and O–H groups in total. The molecule has 0 saturated carbocycles. The van der Waals surface area contributed by atoms with Crippen molar-refractivity contribution in [2.45, 2.75) is 51.8 Å². The van der Waals surface area contributed by atoms with Crippen LogP contribution in [0.15, 0.2) is 0 Å². The molecule has 0 radical (unpaired) electrons. The standard InChI is InChI=1S/C12H26ClNO2S/c1-10(2)11(6-7-13)14-8-9-17(15,16)12(3,4)5/h10-11,14H,6-9H2,1-5H3. The maximum absolute atomic E-state index is 11.9. The highest BCUT2D eigenvalue weighted by Crippen LogP contribution is 2.15. The Balaban J connectivity index is 4.22. The van der Waals surface area contributed by atoms with E-state index in [0.717, 1.165) is 6.42 Å². The summed E-state index contributed by atoms with van der Waals surface area (Å²) in [7, 11) is -3.03. The van der Waals surface area contributed by atoms with Crippen LogP contribution in [-0.2, 0) is 9.84 Å². The first-order chi connectivity index (χ1) is 7.62. The van der Waals surface area contributed by atoms with Gasteiger partial charge in [-0.1, -0.05) is 13.8 Å². The molecule has 0 aromatic rings. The number of nitrogens with one attached hydrogen (secondary N) is 1. The molecule has 1 unspecified atom stereocenters. The third kappa shape index (κ3) is 6.07. The first-order valence-electron chi connectivity index (χ1n) is 6.13. The molecule has 104 valence electrons. The van der Waals surface area contributed by atoms with Crippen molar-refractivity contribution < 1.29 is 8.42 Å². The van der Waals surface area contributed by atoms with Gasteiger partial charge in [-0.2, -0.15) is 0 Å². The van der Waals surface area contributed by atoms with Crippen LogP contribution in [0.4, 0.5) is 0 Å². The zero-order valence-electron chi connectivity index (χ0n) is 11.6. The van der Waals surface area contributed by atoms with Crippen LogP contribution in [0.5, 0.6) is 0 Å². The molecule has 0 aliphatic rings. The van der Waals surface area contributed by atoms with Gasteiger partial charge in [0.2, 0.25) is 0 Å². The average molecular weight is 284 g/mol. The molecular weight excluding hydrogens is 258 g/mol. The summed E-state index contributed by atoms with van der Waals surface area (Å²) in [6, 6.07) is 0.294. The van der Waals surface area contributed by atoms with Crippen LogP contribution in [0.2, 0.25) is 0 Å². The first-order valence-corrected chi connectivity index (χ1v) is 8.32. The second-order valence-electron chi connectivity index (χ2n) is 5.71. The Hall–Kier alpha value is 0.200. The number of hydrogen-bond donors (Lipinski definition) is 1. The Morgan fingerprint density at radius 3 is 2.12 bits per heavy atom. The van der Waals surface area contributed by atoms with E-state index in [1.165, 1.54) is 0 Å². The lowest BCUT2D eigenvalue weighted by Gasteiger charge is -2.23. The highest BCUT2D eigenvalue weighted by Gasteiger charge is 2.28. The van der Waals surface area contributed by atoms with Crippen LogP contribution in [0.3, 0.4) is 0 Å². The summed E-state index contributed by atoms with van der Waals surface area (Å²) in [6.45, 7) is 9.94. The molecule has 0 amide bonds. The largest absolute Gasteiger partial charge is 0.313 e. The van der Waals surface area contributed by atoms with E-state index in [-0.39, 0.29) is 5.75 Å². The zero-order chi connectivity index (χ0) is 13.7. The number of hydrogen-bond acceptors (Lipinski definition) is 3. The quantitative estimate of drug-likeness (QED) is 0.730. The molecule has 17 heavy (non-hydrogen) atoms. The predicted octanol–water partition coefficient (Wildman–Crippen LogP) is 2.44. The van der Waals surface area contributed by atoms with E-state index in [1.54, 1.807) is 20.8 Å². The molecule has 1 atom stereocenters. The van der Waals surface area contributed by atoms with Gasteiger partial charge >= 0.3 is 0 Å². The molecule has 0 aromatic carbocycles. The normalized spacial score (nSPS) is 15.2. The minimum atomic E-state index is -3.03. The number of sulfone groups is 1. The summed E-state index contributed by atoms with van der Waals surface area (Å²) in [6.07, 6.45) is 0.870. The smallest absolute Gasteiger partial charge is 0.156 e. The molecule has 3 nitrogen and oxygen atoms in total. The molecule has 5 heteroatoms. The molecule has 0 saturated heterocycles. The molecule has 0 spiro atoms. The molecule has 0 bridgehead atoms. The predicted molar refractivity (Wildman–Crippen MR) is 75.5 cm³/mol. The fourth-order valence-electron chi connectivity index (χ4n) is 1.47. The molecule has 0 aromatic heterocycles. The van der Waals surface area contributed by atoms with E-state index < -0.39 is 14.6 Å². The van der Waals surface area contributed by atoms with E-state index >= 15 is 0 Å². The van der Waals surface area contributed by atoms with Gasteiger partial charge in [0.15, 0.2) is 9.84 Å². The van der Waals surface area contributed by atoms with Crippen molar-refractivity contribution in [3.8, 4) is 0 Å². The van der Waals surface area contributed by atoms with Crippen molar-refractivity contribution in [2.24, 2.45) is 5.92 Å². The van der Waals surface area contributed by atoms with Crippen LogP contribution in [0.25, 0.3) is 0 Å². The lowest BCUT2D eigenvalue weighted by atomic mass is 10.0. The Bertz CT molecular complexity index is 307. The minimum absolute atomic E-state index is 0.183. The monoisotopic (exact) mass is 283 g/mol. The van der Waals surface area contributed by atoms with Gasteiger partial charge in [0.05, 0.1) is 10.5 Å². The SMILES string of the molecule is CC(C)C(CCCl)NCCS(=O)(=O)C(C)(C)C. The fourth-order valence-corrected chi connectivity index (χ4v) is 2.71.